The van der Waals surface area contributed by atoms with Crippen molar-refractivity contribution in [3.05, 3.63) is 71.8 Å². The number of hydrogen-bond acceptors (Lipinski definition) is 3. The zero-order valence-corrected chi connectivity index (χ0v) is 19.2. The van der Waals surface area contributed by atoms with Crippen molar-refractivity contribution in [2.24, 2.45) is 17.8 Å². The Morgan fingerprint density at radius 1 is 1.03 bits per heavy atom. The molecule has 2 N–H and O–H groups in total. The quantitative estimate of drug-likeness (QED) is 0.645. The Balaban J connectivity index is 0.00000272. The molecule has 0 heterocycles. The molecule has 0 amide bonds. The molecule has 2 aliphatic rings. The number of fused-ring (bicyclic) bond motifs is 2. The smallest absolute Gasteiger partial charge is 0.311 e. The zero-order valence-electron chi connectivity index (χ0n) is 18.4. The maximum atomic E-state index is 12.7. The summed E-state index contributed by atoms with van der Waals surface area (Å²) in [5, 5.41) is 22.9. The minimum atomic E-state index is -1.06. The highest BCUT2D eigenvalue weighted by atomic mass is 35.5. The van der Waals surface area contributed by atoms with E-state index in [-0.39, 0.29) is 18.3 Å². The van der Waals surface area contributed by atoms with Crippen LogP contribution < -0.4 is 0 Å². The van der Waals surface area contributed by atoms with Crippen molar-refractivity contribution < 1.29 is 15.0 Å². The minimum absolute atomic E-state index is 0. The number of carbonyl (C=O) groups is 1. The fourth-order valence-electron chi connectivity index (χ4n) is 6.31. The van der Waals surface area contributed by atoms with E-state index >= 15 is 0 Å². The van der Waals surface area contributed by atoms with Gasteiger partial charge in [0, 0.05) is 18.4 Å². The molecular weight excluding hydrogens is 410 g/mol. The summed E-state index contributed by atoms with van der Waals surface area (Å²) in [6.07, 6.45) is 4.11. The van der Waals surface area contributed by atoms with Gasteiger partial charge in [0.1, 0.15) is 0 Å². The molecule has 6 atom stereocenters. The summed E-state index contributed by atoms with van der Waals surface area (Å²) >= 11 is 0. The Morgan fingerprint density at radius 3 is 2.16 bits per heavy atom. The van der Waals surface area contributed by atoms with Crippen LogP contribution in [0.1, 0.15) is 48.6 Å². The Labute approximate surface area is 191 Å². The van der Waals surface area contributed by atoms with E-state index in [1.54, 1.807) is 0 Å². The largest absolute Gasteiger partial charge is 0.481 e. The summed E-state index contributed by atoms with van der Waals surface area (Å²) in [6.45, 7) is 0.776. The van der Waals surface area contributed by atoms with Crippen LogP contribution in [0.4, 0.5) is 0 Å². The Hall–Kier alpha value is -1.88. The Morgan fingerprint density at radius 2 is 1.61 bits per heavy atom. The second-order valence-electron chi connectivity index (χ2n) is 9.62. The molecule has 2 aromatic carbocycles. The van der Waals surface area contributed by atoms with Crippen molar-refractivity contribution in [2.75, 3.05) is 20.6 Å². The Bertz CT molecular complexity index is 859. The molecule has 168 valence electrons. The van der Waals surface area contributed by atoms with Crippen LogP contribution in [-0.2, 0) is 4.79 Å². The molecule has 2 aliphatic carbocycles. The van der Waals surface area contributed by atoms with Gasteiger partial charge in [0.25, 0.3) is 0 Å². The van der Waals surface area contributed by atoms with Gasteiger partial charge in [-0.1, -0.05) is 67.1 Å². The van der Waals surface area contributed by atoms with Crippen LogP contribution in [-0.4, -0.2) is 47.3 Å². The first-order valence-corrected chi connectivity index (χ1v) is 11.1. The number of rotatable bonds is 7. The van der Waals surface area contributed by atoms with Gasteiger partial charge in [-0.25, -0.2) is 0 Å². The molecule has 0 radical (unpaired) electrons. The zero-order chi connectivity index (χ0) is 21.3. The van der Waals surface area contributed by atoms with E-state index in [2.05, 4.69) is 4.90 Å². The van der Waals surface area contributed by atoms with Crippen molar-refractivity contribution >= 4 is 18.4 Å². The predicted molar refractivity (Wildman–Crippen MR) is 126 cm³/mol. The number of nitrogens with zero attached hydrogens (tertiary/aromatic N) is 1. The summed E-state index contributed by atoms with van der Waals surface area (Å²) in [7, 11) is 4.09. The van der Waals surface area contributed by atoms with Crippen molar-refractivity contribution in [3.63, 3.8) is 0 Å². The number of halogens is 1. The van der Waals surface area contributed by atoms with Gasteiger partial charge in [-0.05, 0) is 56.3 Å². The average Bonchev–Trinajstić information content (AvgIpc) is 3.13. The van der Waals surface area contributed by atoms with E-state index in [0.29, 0.717) is 18.3 Å². The molecule has 4 rings (SSSR count). The topological polar surface area (TPSA) is 60.8 Å². The normalized spacial score (nSPS) is 29.2. The van der Waals surface area contributed by atoms with Crippen LogP contribution in [0.15, 0.2) is 60.7 Å². The summed E-state index contributed by atoms with van der Waals surface area (Å²) < 4.78 is 0. The number of carboxylic acid groups (broad SMARTS) is 1. The molecule has 2 aromatic rings. The third-order valence-electron chi connectivity index (χ3n) is 7.43. The summed E-state index contributed by atoms with van der Waals surface area (Å²) in [5.74, 6) is -1.16. The van der Waals surface area contributed by atoms with Gasteiger partial charge in [0.05, 0.1) is 11.5 Å². The summed E-state index contributed by atoms with van der Waals surface area (Å²) in [5.41, 5.74) is 0.615. The van der Waals surface area contributed by atoms with Gasteiger partial charge >= 0.3 is 5.97 Å². The highest BCUT2D eigenvalue weighted by Crippen LogP contribution is 2.57. The van der Waals surface area contributed by atoms with Crippen molar-refractivity contribution in [3.8, 4) is 0 Å². The molecular formula is C26H34ClNO3. The third kappa shape index (κ3) is 4.67. The molecule has 0 aliphatic heterocycles. The molecule has 2 fully saturated rings. The first kappa shape index (κ1) is 23.8. The maximum absolute atomic E-state index is 12.7. The molecule has 2 saturated carbocycles. The van der Waals surface area contributed by atoms with Crippen LogP contribution >= 0.6 is 12.4 Å². The second kappa shape index (κ2) is 9.72. The van der Waals surface area contributed by atoms with Crippen LogP contribution in [0.3, 0.4) is 0 Å². The first-order chi connectivity index (χ1) is 14.4. The fourth-order valence-corrected chi connectivity index (χ4v) is 6.31. The number of hydrogen-bond donors (Lipinski definition) is 2. The van der Waals surface area contributed by atoms with Crippen molar-refractivity contribution in [1.29, 1.82) is 0 Å². The lowest BCUT2D eigenvalue weighted by Crippen LogP contribution is -2.55. The van der Waals surface area contributed by atoms with Crippen LogP contribution in [0.25, 0.3) is 0 Å². The van der Waals surface area contributed by atoms with Crippen LogP contribution in [0, 0.1) is 17.8 Å². The molecule has 1 unspecified atom stereocenters. The monoisotopic (exact) mass is 443 g/mol. The molecule has 5 heteroatoms. The first-order valence-electron chi connectivity index (χ1n) is 11.1. The summed E-state index contributed by atoms with van der Waals surface area (Å²) in [6, 6.07) is 19.3. The third-order valence-corrected chi connectivity index (χ3v) is 7.43. The fraction of sp³-hybridized carbons (Fsp3) is 0.500. The average molecular weight is 444 g/mol. The second-order valence-corrected chi connectivity index (χ2v) is 9.62. The van der Waals surface area contributed by atoms with Crippen molar-refractivity contribution in [2.45, 2.75) is 43.1 Å². The summed E-state index contributed by atoms with van der Waals surface area (Å²) in [4.78, 5) is 14.8. The number of aliphatic carboxylic acids is 1. The Kier molecular flexibility index (Phi) is 7.46. The number of benzene rings is 2. The molecule has 2 bridgehead atoms. The van der Waals surface area contributed by atoms with Gasteiger partial charge in [-0.3, -0.25) is 4.79 Å². The lowest BCUT2D eigenvalue weighted by molar-refractivity contribution is -0.147. The SMILES string of the molecule is CN(C)C[C@@H]1[C@@H]2CC[C@H](C2)C[C@@]1(O)C(c1ccccc1)[C@H](C(=O)O)c1ccccc1.Cl. The van der Waals surface area contributed by atoms with E-state index in [0.717, 1.165) is 36.9 Å². The number of carboxylic acids is 1. The maximum Gasteiger partial charge on any atom is 0.311 e. The molecule has 0 spiro atoms. The van der Waals surface area contributed by atoms with Gasteiger partial charge in [0.15, 0.2) is 0 Å². The molecule has 0 saturated heterocycles. The van der Waals surface area contributed by atoms with Gasteiger partial charge in [-0.15, -0.1) is 12.4 Å². The van der Waals surface area contributed by atoms with Gasteiger partial charge in [0.2, 0.25) is 0 Å². The van der Waals surface area contributed by atoms with Crippen LogP contribution in [0.5, 0.6) is 0 Å². The highest BCUT2D eigenvalue weighted by Gasteiger charge is 2.57. The van der Waals surface area contributed by atoms with E-state index in [1.165, 1.54) is 0 Å². The van der Waals surface area contributed by atoms with E-state index in [9.17, 15) is 15.0 Å². The molecule has 31 heavy (non-hydrogen) atoms. The molecule has 4 nitrogen and oxygen atoms in total. The predicted octanol–water partition coefficient (Wildman–Crippen LogP) is 4.79. The molecule has 0 aromatic heterocycles. The van der Waals surface area contributed by atoms with Crippen molar-refractivity contribution in [1.82, 2.24) is 4.90 Å². The standard InChI is InChI=1S/C26H33NO3.ClH/c1-27(2)17-22-21-14-13-18(15-21)16-26(22,30)24(20-11-7-4-8-12-20)23(25(28)29)19-9-5-3-6-10-19;/h3-12,18,21-24,30H,13-17H2,1-2H3,(H,28,29);1H/t18-,21-,22-,23-,24?,26+;/m1./s1. The number of aliphatic hydroxyl groups is 1. The highest BCUT2D eigenvalue weighted by molar-refractivity contribution is 5.85. The van der Waals surface area contributed by atoms with Gasteiger partial charge < -0.3 is 15.1 Å². The van der Waals surface area contributed by atoms with E-state index in [1.807, 2.05) is 74.8 Å². The van der Waals surface area contributed by atoms with E-state index in [4.69, 9.17) is 0 Å². The lowest BCUT2D eigenvalue weighted by atomic mass is 9.58. The van der Waals surface area contributed by atoms with E-state index < -0.39 is 23.4 Å². The van der Waals surface area contributed by atoms with Crippen LogP contribution in [0.2, 0.25) is 0 Å². The van der Waals surface area contributed by atoms with Gasteiger partial charge in [-0.2, -0.15) is 0 Å². The minimum Gasteiger partial charge on any atom is -0.481 e. The lowest BCUT2D eigenvalue weighted by Gasteiger charge is -2.51.